The third-order valence-corrected chi connectivity index (χ3v) is 16.6. The Hall–Kier alpha value is -0.850. The molecule has 4 saturated heterocycles. The van der Waals surface area contributed by atoms with Crippen LogP contribution in [0.2, 0.25) is 0 Å². The molecule has 3 N–H and O–H groups in total. The number of aliphatic hydroxyl groups is 3. The van der Waals surface area contributed by atoms with Crippen LogP contribution in [-0.4, -0.2) is 94.9 Å². The van der Waals surface area contributed by atoms with E-state index < -0.39 is 30.4 Å². The number of carbonyl (C=O) groups is 1. The zero-order valence-corrected chi connectivity index (χ0v) is 29.2. The standard InChI is InChI=1S/C37H56O10/c1-18-12-37(30-33(6,47-30)17-43-37)46-21-13-32(5)23-9-8-22-31(3,4)24(45-29-28(41)27(40)20(39)15-42-29)10-11-35(22)16-36(23,35)14-25(44-19(2)38)34(32,7)26(18)21/h18,20-30,39-41H,8-17H2,1-7H3/t18-,20+,21+,22+,23+,24+,25-,26+,27-,28+,29-,30+,32+,33+,34-,35-,36+,37+/m1/s1. The molecule has 5 saturated carbocycles. The van der Waals surface area contributed by atoms with Crippen LogP contribution in [0.1, 0.15) is 99.8 Å². The zero-order valence-electron chi connectivity index (χ0n) is 29.2. The molecule has 10 nitrogen and oxygen atoms in total. The third-order valence-electron chi connectivity index (χ3n) is 16.6. The Morgan fingerprint density at radius 2 is 1.62 bits per heavy atom. The van der Waals surface area contributed by atoms with Crippen molar-refractivity contribution >= 4 is 5.97 Å². The summed E-state index contributed by atoms with van der Waals surface area (Å²) in [6, 6.07) is 0. The van der Waals surface area contributed by atoms with Crippen molar-refractivity contribution in [1.82, 2.24) is 0 Å². The SMILES string of the molecule is CC(=O)O[C@@H]1C[C@@]23C[C@@]24CC[C@H](O[C@H]2OC[C@H](O)[C@@H](O)[C@@H]2O)C(C)(C)[C@@H]4CC[C@H]3[C@]2(C)C[C@@H]3O[C@]4(C[C@@H](C)[C@@H]3[C@@]12C)OC[C@]1(C)O[C@H]41. The average Bonchev–Trinajstić information content (AvgIpc) is 3.81. The highest BCUT2D eigenvalue weighted by atomic mass is 16.8. The van der Waals surface area contributed by atoms with E-state index in [1.54, 1.807) is 6.92 Å². The fraction of sp³-hybridized carbons (Fsp3) is 0.973. The number of aliphatic hydroxyl groups excluding tert-OH is 3. The predicted molar refractivity (Wildman–Crippen MR) is 166 cm³/mol. The molecule has 9 fully saturated rings. The number of epoxide rings is 1. The number of rotatable bonds is 3. The van der Waals surface area contributed by atoms with Gasteiger partial charge in [0.05, 0.1) is 25.4 Å². The minimum atomic E-state index is -1.29. The fourth-order valence-corrected chi connectivity index (χ4v) is 14.6. The van der Waals surface area contributed by atoms with Crippen LogP contribution in [0.3, 0.4) is 0 Å². The summed E-state index contributed by atoms with van der Waals surface area (Å²) in [6.07, 6.45) is 2.89. The third kappa shape index (κ3) is 3.78. The van der Waals surface area contributed by atoms with Gasteiger partial charge in [0.1, 0.15) is 36.1 Å². The van der Waals surface area contributed by atoms with Crippen LogP contribution in [0.5, 0.6) is 0 Å². The molecule has 18 atom stereocenters. The van der Waals surface area contributed by atoms with Gasteiger partial charge in [-0.25, -0.2) is 0 Å². The van der Waals surface area contributed by atoms with E-state index >= 15 is 0 Å². The van der Waals surface area contributed by atoms with Crippen LogP contribution in [0.4, 0.5) is 0 Å². The summed E-state index contributed by atoms with van der Waals surface area (Å²) in [6.45, 7) is 16.1. The Kier molecular flexibility index (Phi) is 6.50. The van der Waals surface area contributed by atoms with Gasteiger partial charge in [0.2, 0.25) is 0 Å². The van der Waals surface area contributed by atoms with Crippen molar-refractivity contribution in [2.75, 3.05) is 13.2 Å². The van der Waals surface area contributed by atoms with Crippen molar-refractivity contribution in [2.24, 2.45) is 50.7 Å². The normalized spacial score (nSPS) is 62.8. The topological polar surface area (TPSA) is 136 Å². The summed E-state index contributed by atoms with van der Waals surface area (Å²) in [4.78, 5) is 12.9. The van der Waals surface area contributed by atoms with E-state index in [0.29, 0.717) is 24.4 Å². The molecule has 0 amide bonds. The first-order valence-electron chi connectivity index (χ1n) is 18.5. The highest BCUT2D eigenvalue weighted by Crippen LogP contribution is 2.89. The summed E-state index contributed by atoms with van der Waals surface area (Å²) in [5, 5.41) is 31.0. The van der Waals surface area contributed by atoms with Gasteiger partial charge < -0.3 is 43.7 Å². The molecule has 5 aliphatic carbocycles. The van der Waals surface area contributed by atoms with Gasteiger partial charge in [0, 0.05) is 18.8 Å². The molecule has 9 rings (SSSR count). The number of fused-ring (bicyclic) bond motifs is 6. The maximum absolute atomic E-state index is 12.9. The highest BCUT2D eigenvalue weighted by molar-refractivity contribution is 5.66. The minimum Gasteiger partial charge on any atom is -0.462 e. The molecule has 10 heteroatoms. The number of ether oxygens (including phenoxy) is 6. The maximum Gasteiger partial charge on any atom is 0.302 e. The lowest BCUT2D eigenvalue weighted by molar-refractivity contribution is -0.309. The van der Waals surface area contributed by atoms with E-state index in [0.717, 1.165) is 51.4 Å². The molecule has 47 heavy (non-hydrogen) atoms. The van der Waals surface area contributed by atoms with Crippen LogP contribution in [0.25, 0.3) is 0 Å². The Morgan fingerprint density at radius 3 is 2.30 bits per heavy atom. The Balaban J connectivity index is 1.03. The van der Waals surface area contributed by atoms with Crippen molar-refractivity contribution in [2.45, 2.75) is 160 Å². The Labute approximate surface area is 278 Å². The summed E-state index contributed by atoms with van der Waals surface area (Å²) in [5.41, 5.74) is -0.492. The van der Waals surface area contributed by atoms with Gasteiger partial charge in [-0.2, -0.15) is 0 Å². The average molecular weight is 661 g/mol. The summed E-state index contributed by atoms with van der Waals surface area (Å²) in [7, 11) is 0. The molecule has 0 aromatic heterocycles. The van der Waals surface area contributed by atoms with E-state index in [1.807, 2.05) is 0 Å². The predicted octanol–water partition coefficient (Wildman–Crippen LogP) is 3.71. The molecule has 0 aromatic carbocycles. The molecule has 9 aliphatic rings. The monoisotopic (exact) mass is 660 g/mol. The van der Waals surface area contributed by atoms with Crippen LogP contribution in [0.15, 0.2) is 0 Å². The molecule has 3 spiro atoms. The summed E-state index contributed by atoms with van der Waals surface area (Å²) < 4.78 is 38.4. The van der Waals surface area contributed by atoms with E-state index in [4.69, 9.17) is 28.4 Å². The molecule has 0 bridgehead atoms. The molecule has 0 radical (unpaired) electrons. The van der Waals surface area contributed by atoms with Gasteiger partial charge in [-0.05, 0) is 97.2 Å². The second-order valence-corrected chi connectivity index (χ2v) is 18.9. The van der Waals surface area contributed by atoms with Crippen LogP contribution >= 0.6 is 0 Å². The van der Waals surface area contributed by atoms with Crippen LogP contribution in [-0.2, 0) is 33.2 Å². The van der Waals surface area contributed by atoms with Gasteiger partial charge in [-0.3, -0.25) is 4.79 Å². The number of carbonyl (C=O) groups excluding carboxylic acids is 1. The van der Waals surface area contributed by atoms with Crippen molar-refractivity contribution < 1.29 is 48.5 Å². The fourth-order valence-electron chi connectivity index (χ4n) is 14.6. The van der Waals surface area contributed by atoms with Crippen molar-refractivity contribution in [3.8, 4) is 0 Å². The van der Waals surface area contributed by atoms with Gasteiger partial charge >= 0.3 is 5.97 Å². The Morgan fingerprint density at radius 1 is 0.872 bits per heavy atom. The lowest BCUT2D eigenvalue weighted by atomic mass is 9.41. The van der Waals surface area contributed by atoms with Gasteiger partial charge in [-0.1, -0.05) is 34.6 Å². The van der Waals surface area contributed by atoms with E-state index in [-0.39, 0.29) is 75.6 Å². The summed E-state index contributed by atoms with van der Waals surface area (Å²) >= 11 is 0. The molecular weight excluding hydrogens is 604 g/mol. The lowest BCUT2D eigenvalue weighted by Crippen LogP contribution is -2.64. The minimum absolute atomic E-state index is 0.00697. The first-order valence-corrected chi connectivity index (χ1v) is 18.5. The second kappa shape index (κ2) is 9.52. The molecule has 0 unspecified atom stereocenters. The largest absolute Gasteiger partial charge is 0.462 e. The highest BCUT2D eigenvalue weighted by Gasteiger charge is 2.86. The quantitative estimate of drug-likeness (QED) is 0.234. The van der Waals surface area contributed by atoms with Crippen molar-refractivity contribution in [1.29, 1.82) is 0 Å². The molecular formula is C37H56O10. The first kappa shape index (κ1) is 32.1. The summed E-state index contributed by atoms with van der Waals surface area (Å²) in [5.74, 6) is 0.642. The van der Waals surface area contributed by atoms with Crippen molar-refractivity contribution in [3.05, 3.63) is 0 Å². The van der Waals surface area contributed by atoms with E-state index in [1.165, 1.54) is 0 Å². The first-order chi connectivity index (χ1) is 22.0. The number of esters is 1. The smallest absolute Gasteiger partial charge is 0.302 e. The number of hydrogen-bond donors (Lipinski definition) is 3. The van der Waals surface area contributed by atoms with Gasteiger partial charge in [0.15, 0.2) is 12.1 Å². The van der Waals surface area contributed by atoms with E-state index in [2.05, 4.69) is 41.5 Å². The second-order valence-electron chi connectivity index (χ2n) is 18.9. The molecule has 4 heterocycles. The number of hydrogen-bond acceptors (Lipinski definition) is 10. The van der Waals surface area contributed by atoms with Crippen LogP contribution < -0.4 is 0 Å². The molecule has 264 valence electrons. The van der Waals surface area contributed by atoms with Crippen LogP contribution in [0, 0.1) is 50.7 Å². The van der Waals surface area contributed by atoms with Gasteiger partial charge in [-0.15, -0.1) is 0 Å². The molecule has 4 aliphatic heterocycles. The van der Waals surface area contributed by atoms with Gasteiger partial charge in [0.25, 0.3) is 0 Å². The maximum atomic E-state index is 12.9. The lowest BCUT2D eigenvalue weighted by Gasteiger charge is -2.65. The molecule has 0 aromatic rings. The Bertz CT molecular complexity index is 1360. The van der Waals surface area contributed by atoms with E-state index in [9.17, 15) is 20.1 Å². The van der Waals surface area contributed by atoms with Crippen molar-refractivity contribution in [3.63, 3.8) is 0 Å². The zero-order chi connectivity index (χ0) is 33.3.